The number of hydrogen-bond donors (Lipinski definition) is 11. The standard InChI is InChI=1S/C20H15BrF2N4O3.C20H16BrFN4O3.C20H15ClF2N4O3.C20H16ClFN4O3/c1-24-19(28)18-17(3-2-8-25-18)30-12-5-7-15(14(23)10-12)26-20(29)27-16-9-11(21)4-6-13(16)22;1-23-19(27)18-17(3-2-10-24-18)29-14-7-5-13(6-8-14)25-20(28)26-16-11-12(21)4-9-15(16)22;1-24-19(28)18-17(3-2-8-25-18)30-12-5-7-15(14(23)10-12)26-20(29)27-16-9-11(21)4-6-13(16)22;1-26(19(27)17-4-2-3-11-23-17)29-15-8-6-14(7-9-15)24-20(28)25-18-12-13(21)5-10-16(18)22/h2-10H,1H3,(H,24,28)(H2,26,27,29);2-11H,1H3,(H,23,27)(H2,25,26,28);2-10H,1H3,(H,24,28)(H2,26,27,29);2-12H,1H3,(H2,24,25,28). The van der Waals surface area contributed by atoms with Crippen molar-refractivity contribution in [3.05, 3.63) is 314 Å². The van der Waals surface area contributed by atoms with Gasteiger partial charge in [-0.25, -0.2) is 60.5 Å². The van der Waals surface area contributed by atoms with Gasteiger partial charge >= 0.3 is 30.0 Å². The van der Waals surface area contributed by atoms with Crippen LogP contribution in [-0.2, 0) is 0 Å². The summed E-state index contributed by atoms with van der Waals surface area (Å²) < 4.78 is 102. The molecule has 11 N–H and O–H groups in total. The van der Waals surface area contributed by atoms with Gasteiger partial charge in [0.05, 0.1) is 34.1 Å². The third-order valence-corrected chi connectivity index (χ3v) is 16.5. The van der Waals surface area contributed by atoms with Crippen molar-refractivity contribution in [2.24, 2.45) is 0 Å². The SMILES string of the molecule is CN(Oc1ccc(NC(=O)Nc2cc(Cl)ccc2F)cc1)C(=O)c1ccccn1.CNC(=O)c1ncccc1Oc1ccc(NC(=O)Nc2cc(Br)ccc2F)c(F)c1.CNC(=O)c1ncccc1Oc1ccc(NC(=O)Nc2cc(Br)ccc2F)cc1.CNC(=O)c1ncccc1Oc1ccc(NC(=O)Nc2cc(Cl)ccc2F)c(F)c1. The van der Waals surface area contributed by atoms with E-state index < -0.39 is 76.7 Å². The van der Waals surface area contributed by atoms with E-state index in [1.165, 1.54) is 150 Å². The zero-order chi connectivity index (χ0) is 85.0. The van der Waals surface area contributed by atoms with Gasteiger partial charge in [-0.3, -0.25) is 24.2 Å². The fourth-order valence-electron chi connectivity index (χ4n) is 9.54. The third-order valence-electron chi connectivity index (χ3n) is 15.0. The molecule has 604 valence electrons. The predicted molar refractivity (Wildman–Crippen MR) is 437 cm³/mol. The summed E-state index contributed by atoms with van der Waals surface area (Å²) in [6, 6.07) is 47.4. The Morgan fingerprint density at radius 1 is 0.339 bits per heavy atom. The van der Waals surface area contributed by atoms with Gasteiger partial charge in [0, 0.05) is 95.5 Å². The number of halogens is 10. The zero-order valence-electron chi connectivity index (χ0n) is 61.4. The Balaban J connectivity index is 0.000000179. The van der Waals surface area contributed by atoms with Crippen LogP contribution >= 0.6 is 55.1 Å². The molecule has 4 heterocycles. The van der Waals surface area contributed by atoms with Crippen molar-refractivity contribution in [3.63, 3.8) is 0 Å². The molecule has 0 aliphatic heterocycles. The van der Waals surface area contributed by atoms with Crippen molar-refractivity contribution in [1.82, 2.24) is 40.9 Å². The first-order valence-electron chi connectivity index (χ1n) is 34.0. The molecule has 0 unspecified atom stereocenters. The van der Waals surface area contributed by atoms with Gasteiger partial charge in [0.2, 0.25) is 0 Å². The normalized spacial score (nSPS) is 10.2. The number of aromatic nitrogens is 4. The van der Waals surface area contributed by atoms with E-state index in [9.17, 15) is 64.7 Å². The number of anilines is 8. The van der Waals surface area contributed by atoms with Crippen molar-refractivity contribution in [2.45, 2.75) is 0 Å². The maximum absolute atomic E-state index is 14.4. The Morgan fingerprint density at radius 2 is 0.669 bits per heavy atom. The number of amides is 12. The highest BCUT2D eigenvalue weighted by molar-refractivity contribution is 9.10. The van der Waals surface area contributed by atoms with Crippen molar-refractivity contribution >= 4 is 148 Å². The lowest BCUT2D eigenvalue weighted by molar-refractivity contribution is -0.0143. The van der Waals surface area contributed by atoms with Gasteiger partial charge in [0.1, 0.15) is 57.8 Å². The second-order valence-electron chi connectivity index (χ2n) is 23.3. The number of carbonyl (C=O) groups is 8. The summed E-state index contributed by atoms with van der Waals surface area (Å²) in [7, 11) is 5.87. The summed E-state index contributed by atoms with van der Waals surface area (Å²) in [6.45, 7) is 0. The van der Waals surface area contributed by atoms with E-state index in [-0.39, 0.29) is 90.8 Å². The highest BCUT2D eigenvalue weighted by atomic mass is 79.9. The number of ether oxygens (including phenoxy) is 3. The summed E-state index contributed by atoms with van der Waals surface area (Å²) in [5.74, 6) is -4.19. The number of pyridine rings is 4. The van der Waals surface area contributed by atoms with Crippen molar-refractivity contribution in [3.8, 4) is 40.2 Å². The first-order valence-corrected chi connectivity index (χ1v) is 36.3. The maximum Gasteiger partial charge on any atom is 0.323 e. The molecule has 12 amide bonds. The molecule has 0 bridgehead atoms. The molecule has 0 radical (unpaired) electrons. The van der Waals surface area contributed by atoms with Crippen molar-refractivity contribution < 1.29 is 83.7 Å². The van der Waals surface area contributed by atoms with Crippen LogP contribution in [0.4, 0.5) is 91.0 Å². The minimum absolute atomic E-state index is 0.0329. The number of urea groups is 4. The molecule has 118 heavy (non-hydrogen) atoms. The van der Waals surface area contributed by atoms with Crippen LogP contribution in [0.2, 0.25) is 10.0 Å². The van der Waals surface area contributed by atoms with Crippen LogP contribution in [0.5, 0.6) is 40.2 Å². The molecule has 0 aliphatic rings. The van der Waals surface area contributed by atoms with E-state index in [4.69, 9.17) is 42.3 Å². The molecular formula is C80H62Br2Cl2F6N16O12. The van der Waals surface area contributed by atoms with Crippen molar-refractivity contribution in [1.29, 1.82) is 0 Å². The van der Waals surface area contributed by atoms with Crippen molar-refractivity contribution in [2.75, 3.05) is 70.7 Å². The molecule has 4 aromatic heterocycles. The van der Waals surface area contributed by atoms with Gasteiger partial charge < -0.3 is 77.5 Å². The molecule has 28 nitrogen and oxygen atoms in total. The first kappa shape index (κ1) is 87.6. The smallest absolute Gasteiger partial charge is 0.323 e. The van der Waals surface area contributed by atoms with Crippen LogP contribution in [0.3, 0.4) is 0 Å². The third kappa shape index (κ3) is 26.1. The average Bonchev–Trinajstić information content (AvgIpc) is 0.942. The lowest BCUT2D eigenvalue weighted by atomic mass is 10.2. The Morgan fingerprint density at radius 3 is 1.03 bits per heavy atom. The molecule has 0 atom stereocenters. The second-order valence-corrected chi connectivity index (χ2v) is 26.1. The summed E-state index contributed by atoms with van der Waals surface area (Å²) in [5, 5.41) is 28.0. The summed E-state index contributed by atoms with van der Waals surface area (Å²) >= 11 is 18.0. The van der Waals surface area contributed by atoms with Crippen LogP contribution in [0, 0.1) is 34.9 Å². The maximum atomic E-state index is 14.4. The molecule has 0 fully saturated rings. The highest BCUT2D eigenvalue weighted by Gasteiger charge is 2.21. The Hall–Kier alpha value is -14.4. The summed E-state index contributed by atoms with van der Waals surface area (Å²) in [4.78, 5) is 117. The molecule has 12 rings (SSSR count). The number of hydrogen-bond acceptors (Lipinski definition) is 16. The Labute approximate surface area is 693 Å². The van der Waals surface area contributed by atoms with Crippen LogP contribution in [-0.4, -0.2) is 101 Å². The summed E-state index contributed by atoms with van der Waals surface area (Å²) in [6.07, 6.45) is 5.86. The number of nitrogens with one attached hydrogen (secondary N) is 11. The largest absolute Gasteiger partial charge is 0.455 e. The van der Waals surface area contributed by atoms with Gasteiger partial charge in [-0.1, -0.05) is 61.1 Å². The summed E-state index contributed by atoms with van der Waals surface area (Å²) in [5.41, 5.74) is 0.875. The van der Waals surface area contributed by atoms with E-state index in [0.29, 0.717) is 42.6 Å². The van der Waals surface area contributed by atoms with E-state index >= 15 is 0 Å². The van der Waals surface area contributed by atoms with E-state index in [0.717, 1.165) is 29.3 Å². The number of nitrogens with zero attached hydrogens (tertiary/aromatic N) is 5. The number of hydroxylamine groups is 2. The molecule has 0 aliphatic carbocycles. The van der Waals surface area contributed by atoms with E-state index in [1.54, 1.807) is 91.0 Å². The lowest BCUT2D eigenvalue weighted by Gasteiger charge is -2.17. The molecule has 0 saturated heterocycles. The topological polar surface area (TPSA) is 361 Å². The zero-order valence-corrected chi connectivity index (χ0v) is 66.1. The minimum atomic E-state index is -0.863. The van der Waals surface area contributed by atoms with E-state index in [1.807, 2.05) is 0 Å². The number of benzene rings is 8. The second kappa shape index (κ2) is 42.7. The number of rotatable bonds is 20. The van der Waals surface area contributed by atoms with Gasteiger partial charge in [0.15, 0.2) is 40.1 Å². The monoisotopic (exact) mass is 1780 g/mol. The lowest BCUT2D eigenvalue weighted by Crippen LogP contribution is -2.30. The fourth-order valence-corrected chi connectivity index (χ4v) is 10.6. The Bertz CT molecular complexity index is 5480. The van der Waals surface area contributed by atoms with Gasteiger partial charge in [0.25, 0.3) is 17.7 Å². The van der Waals surface area contributed by atoms with Crippen LogP contribution in [0.1, 0.15) is 42.0 Å². The van der Waals surface area contributed by atoms with Gasteiger partial charge in [-0.2, -0.15) is 5.06 Å². The fraction of sp³-hybridized carbons (Fsp3) is 0.0500. The predicted octanol–water partition coefficient (Wildman–Crippen LogP) is 19.1. The van der Waals surface area contributed by atoms with E-state index in [2.05, 4.69) is 110 Å². The molecule has 0 spiro atoms. The Kier molecular flexibility index (Phi) is 31.7. The number of carbonyl (C=O) groups excluding carboxylic acids is 8. The average molecular weight is 1780 g/mol. The highest BCUT2D eigenvalue weighted by Crippen LogP contribution is 2.33. The van der Waals surface area contributed by atoms with Crippen LogP contribution in [0.25, 0.3) is 0 Å². The van der Waals surface area contributed by atoms with Gasteiger partial charge in [-0.15, -0.1) is 0 Å². The molecule has 38 heteroatoms. The molecule has 8 aromatic carbocycles. The van der Waals surface area contributed by atoms with Gasteiger partial charge in [-0.05, 0) is 194 Å². The van der Waals surface area contributed by atoms with Crippen LogP contribution < -0.4 is 77.5 Å². The molecule has 12 aromatic rings. The quantitative estimate of drug-likeness (QED) is 0.0249. The first-order chi connectivity index (χ1) is 56.6. The minimum Gasteiger partial charge on any atom is -0.455 e. The van der Waals surface area contributed by atoms with Crippen LogP contribution in [0.15, 0.2) is 246 Å². The molecular weight excluding hydrogens is 1720 g/mol. The molecule has 0 saturated carbocycles.